The fourth-order valence-corrected chi connectivity index (χ4v) is 3.54. The van der Waals surface area contributed by atoms with Crippen molar-refractivity contribution in [1.29, 1.82) is 0 Å². The quantitative estimate of drug-likeness (QED) is 0.241. The Labute approximate surface area is 187 Å². The minimum Gasteiger partial charge on any atom is -0.206 e. The van der Waals surface area contributed by atoms with Gasteiger partial charge in [0, 0.05) is 5.56 Å². The van der Waals surface area contributed by atoms with Gasteiger partial charge in [-0.2, -0.15) is 13.2 Å². The van der Waals surface area contributed by atoms with Crippen molar-refractivity contribution in [1.82, 2.24) is 0 Å². The lowest BCUT2D eigenvalue weighted by Gasteiger charge is -2.10. The minimum absolute atomic E-state index is 0.167. The second-order valence-electron chi connectivity index (χ2n) is 7.70. The summed E-state index contributed by atoms with van der Waals surface area (Å²) in [4.78, 5) is 0. The topological polar surface area (TPSA) is 0 Å². The first kappa shape index (κ1) is 24.6. The first-order valence-corrected chi connectivity index (χ1v) is 10.4. The first-order chi connectivity index (χ1) is 15.6. The van der Waals surface area contributed by atoms with E-state index in [0.29, 0.717) is 17.7 Å². The van der Waals surface area contributed by atoms with Gasteiger partial charge in [-0.05, 0) is 53.3 Å². The molecule has 33 heavy (non-hydrogen) atoms. The van der Waals surface area contributed by atoms with Crippen LogP contribution in [0, 0.1) is 17.5 Å². The molecule has 3 aromatic rings. The van der Waals surface area contributed by atoms with E-state index in [9.17, 15) is 30.7 Å². The molecule has 0 radical (unpaired) electrons. The lowest BCUT2D eigenvalue weighted by Crippen LogP contribution is -2.04. The molecule has 3 rings (SSSR count). The Morgan fingerprint density at radius 1 is 0.758 bits per heavy atom. The molecule has 0 aliphatic rings. The van der Waals surface area contributed by atoms with Crippen molar-refractivity contribution < 1.29 is 30.7 Å². The second-order valence-corrected chi connectivity index (χ2v) is 7.70. The van der Waals surface area contributed by atoms with Gasteiger partial charge in [0.15, 0.2) is 0 Å². The van der Waals surface area contributed by atoms with Crippen LogP contribution in [0.5, 0.6) is 0 Å². The summed E-state index contributed by atoms with van der Waals surface area (Å²) in [5.74, 6) is -6.01. The molecule has 0 aliphatic carbocycles. The predicted octanol–water partition coefficient (Wildman–Crippen LogP) is 9.04. The number of benzene rings is 3. The minimum atomic E-state index is -5.09. The highest BCUT2D eigenvalue weighted by Crippen LogP contribution is 2.34. The number of hydrogen-bond acceptors (Lipinski definition) is 0. The largest absolute Gasteiger partial charge is 0.412 e. The molecule has 0 spiro atoms. The standard InChI is InChI=1S/C26H21F7/c1-2-3-4-5-16-6-8-17(9-7-16)18-10-11-20(21(27)12-18)19-13-22(28)25(23(29)14-19)24(30)15-26(31,32)33/h6-15H,2-5H2,1H3. The highest BCUT2D eigenvalue weighted by Gasteiger charge is 2.28. The Hall–Kier alpha value is -3.09. The van der Waals surface area contributed by atoms with Crippen LogP contribution in [0.1, 0.15) is 37.3 Å². The average Bonchev–Trinajstić information content (AvgIpc) is 2.72. The van der Waals surface area contributed by atoms with Crippen LogP contribution in [0.25, 0.3) is 28.1 Å². The Bertz CT molecular complexity index is 1120. The van der Waals surface area contributed by atoms with Crippen molar-refractivity contribution in [2.24, 2.45) is 0 Å². The molecular weight excluding hydrogens is 445 g/mol. The third kappa shape index (κ3) is 6.24. The zero-order valence-electron chi connectivity index (χ0n) is 17.7. The van der Waals surface area contributed by atoms with Crippen molar-refractivity contribution in [3.63, 3.8) is 0 Å². The van der Waals surface area contributed by atoms with Gasteiger partial charge < -0.3 is 0 Å². The predicted molar refractivity (Wildman–Crippen MR) is 116 cm³/mol. The van der Waals surface area contributed by atoms with E-state index < -0.39 is 41.1 Å². The normalized spacial score (nSPS) is 12.3. The molecule has 0 saturated carbocycles. The van der Waals surface area contributed by atoms with E-state index in [4.69, 9.17) is 0 Å². The monoisotopic (exact) mass is 466 g/mol. The molecule has 0 amide bonds. The molecule has 0 fully saturated rings. The summed E-state index contributed by atoms with van der Waals surface area (Å²) >= 11 is 0. The molecule has 0 aromatic heterocycles. The zero-order valence-corrected chi connectivity index (χ0v) is 17.7. The number of halogens is 7. The molecule has 0 unspecified atom stereocenters. The summed E-state index contributed by atoms with van der Waals surface area (Å²) in [7, 11) is 0. The molecular formula is C26H21F7. The fraction of sp³-hybridized carbons (Fsp3) is 0.231. The Morgan fingerprint density at radius 3 is 1.88 bits per heavy atom. The van der Waals surface area contributed by atoms with Crippen LogP contribution in [0.15, 0.2) is 60.7 Å². The summed E-state index contributed by atoms with van der Waals surface area (Å²) in [5.41, 5.74) is 0.595. The van der Waals surface area contributed by atoms with Gasteiger partial charge in [0.1, 0.15) is 23.3 Å². The summed E-state index contributed by atoms with van der Waals surface area (Å²) < 4.78 is 93.9. The number of aryl methyl sites for hydroxylation is 1. The molecule has 0 aliphatic heterocycles. The van der Waals surface area contributed by atoms with Crippen molar-refractivity contribution in [2.45, 2.75) is 38.8 Å². The first-order valence-electron chi connectivity index (χ1n) is 10.4. The van der Waals surface area contributed by atoms with Crippen LogP contribution >= 0.6 is 0 Å². The number of unbranched alkanes of at least 4 members (excludes halogenated alkanes) is 2. The van der Waals surface area contributed by atoms with E-state index in [2.05, 4.69) is 6.92 Å². The maximum absolute atomic E-state index is 14.8. The third-order valence-corrected chi connectivity index (χ3v) is 5.21. The highest BCUT2D eigenvalue weighted by molar-refractivity contribution is 5.73. The van der Waals surface area contributed by atoms with Gasteiger partial charge in [-0.15, -0.1) is 0 Å². The molecule has 0 bridgehead atoms. The van der Waals surface area contributed by atoms with Gasteiger partial charge in [-0.1, -0.05) is 56.2 Å². The molecule has 7 heteroatoms. The van der Waals surface area contributed by atoms with E-state index in [1.165, 1.54) is 17.7 Å². The molecule has 0 N–H and O–H groups in total. The Morgan fingerprint density at radius 2 is 1.33 bits per heavy atom. The van der Waals surface area contributed by atoms with Gasteiger partial charge in [-0.3, -0.25) is 0 Å². The fourth-order valence-electron chi connectivity index (χ4n) is 3.54. The number of allylic oxidation sites excluding steroid dienone is 1. The lowest BCUT2D eigenvalue weighted by molar-refractivity contribution is -0.0798. The van der Waals surface area contributed by atoms with Crippen molar-refractivity contribution >= 4 is 5.83 Å². The van der Waals surface area contributed by atoms with Gasteiger partial charge in [0.25, 0.3) is 0 Å². The Balaban J connectivity index is 1.88. The molecule has 0 atom stereocenters. The lowest BCUT2D eigenvalue weighted by atomic mass is 9.97. The van der Waals surface area contributed by atoms with Crippen molar-refractivity contribution in [2.75, 3.05) is 0 Å². The highest BCUT2D eigenvalue weighted by atomic mass is 19.4. The van der Waals surface area contributed by atoms with Crippen molar-refractivity contribution in [3.05, 3.63) is 89.3 Å². The summed E-state index contributed by atoms with van der Waals surface area (Å²) in [6.07, 6.45) is -1.62. The van der Waals surface area contributed by atoms with Crippen molar-refractivity contribution in [3.8, 4) is 22.3 Å². The van der Waals surface area contributed by atoms with Crippen LogP contribution < -0.4 is 0 Å². The van der Waals surface area contributed by atoms with E-state index in [1.54, 1.807) is 6.07 Å². The second kappa shape index (κ2) is 10.2. The van der Waals surface area contributed by atoms with E-state index >= 15 is 0 Å². The molecule has 0 heterocycles. The molecule has 174 valence electrons. The summed E-state index contributed by atoms with van der Waals surface area (Å²) in [6, 6.07) is 12.9. The van der Waals surface area contributed by atoms with E-state index in [1.807, 2.05) is 24.3 Å². The Kier molecular flexibility index (Phi) is 7.61. The zero-order chi connectivity index (χ0) is 24.2. The van der Waals surface area contributed by atoms with Gasteiger partial charge in [-0.25, -0.2) is 17.6 Å². The smallest absolute Gasteiger partial charge is 0.206 e. The van der Waals surface area contributed by atoms with Crippen LogP contribution in [-0.2, 0) is 6.42 Å². The SMILES string of the molecule is CCCCCc1ccc(-c2ccc(-c3cc(F)c(C(F)=CC(F)(F)F)c(F)c3)c(F)c2)cc1. The van der Waals surface area contributed by atoms with Crippen LogP contribution in [-0.4, -0.2) is 6.18 Å². The number of rotatable bonds is 7. The van der Waals surface area contributed by atoms with Gasteiger partial charge in [0.2, 0.25) is 0 Å². The summed E-state index contributed by atoms with van der Waals surface area (Å²) in [6.45, 7) is 2.13. The van der Waals surface area contributed by atoms with Crippen LogP contribution in [0.3, 0.4) is 0 Å². The number of hydrogen-bond donors (Lipinski definition) is 0. The maximum Gasteiger partial charge on any atom is 0.412 e. The molecule has 3 aromatic carbocycles. The third-order valence-electron chi connectivity index (χ3n) is 5.21. The summed E-state index contributed by atoms with van der Waals surface area (Å²) in [5, 5.41) is 0. The van der Waals surface area contributed by atoms with E-state index in [0.717, 1.165) is 31.2 Å². The van der Waals surface area contributed by atoms with Gasteiger partial charge >= 0.3 is 6.18 Å². The number of alkyl halides is 3. The maximum atomic E-state index is 14.8. The molecule has 0 nitrogen and oxygen atoms in total. The molecule has 0 saturated heterocycles. The van der Waals surface area contributed by atoms with Gasteiger partial charge in [0.05, 0.1) is 11.6 Å². The van der Waals surface area contributed by atoms with Crippen LogP contribution in [0.2, 0.25) is 0 Å². The van der Waals surface area contributed by atoms with Crippen LogP contribution in [0.4, 0.5) is 30.7 Å². The van der Waals surface area contributed by atoms with E-state index in [-0.39, 0.29) is 11.1 Å². The average molecular weight is 466 g/mol.